The lowest BCUT2D eigenvalue weighted by Gasteiger charge is -2.19. The summed E-state index contributed by atoms with van der Waals surface area (Å²) in [6.45, 7) is 2.98. The van der Waals surface area contributed by atoms with E-state index in [1.165, 1.54) is 24.0 Å². The maximum Gasteiger partial charge on any atom is 0.0595 e. The molecule has 1 saturated carbocycles. The van der Waals surface area contributed by atoms with E-state index in [0.717, 1.165) is 19.4 Å². The lowest BCUT2D eigenvalue weighted by molar-refractivity contribution is 0.658. The molecule has 1 aliphatic rings. The third-order valence-corrected chi connectivity index (χ3v) is 4.36. The van der Waals surface area contributed by atoms with E-state index in [-0.39, 0.29) is 0 Å². The third-order valence-electron chi connectivity index (χ3n) is 3.62. The molecular formula is C15H19Cl2N. The van der Waals surface area contributed by atoms with Crippen molar-refractivity contribution in [2.75, 3.05) is 6.54 Å². The highest BCUT2D eigenvalue weighted by molar-refractivity contribution is 6.42. The summed E-state index contributed by atoms with van der Waals surface area (Å²) in [5.74, 6) is 0.445. The van der Waals surface area contributed by atoms with Crippen LogP contribution >= 0.6 is 23.2 Å². The molecule has 0 bridgehead atoms. The number of hydrogen-bond acceptors (Lipinski definition) is 1. The number of hydrogen-bond donors (Lipinski definition) is 1. The van der Waals surface area contributed by atoms with E-state index in [9.17, 15) is 0 Å². The average Bonchev–Trinajstić information content (AvgIpc) is 3.18. The molecule has 3 heteroatoms. The van der Waals surface area contributed by atoms with Crippen LogP contribution in [0.2, 0.25) is 10.0 Å². The highest BCUT2D eigenvalue weighted by Gasteiger charge is 2.22. The van der Waals surface area contributed by atoms with Crippen molar-refractivity contribution in [3.8, 4) is 0 Å². The van der Waals surface area contributed by atoms with Crippen molar-refractivity contribution in [2.24, 2.45) is 5.73 Å². The van der Waals surface area contributed by atoms with Crippen LogP contribution in [-0.2, 0) is 0 Å². The zero-order chi connectivity index (χ0) is 13.1. The largest absolute Gasteiger partial charge is 0.330 e. The molecule has 2 rings (SSSR count). The fraction of sp³-hybridized carbons (Fsp3) is 0.467. The Labute approximate surface area is 119 Å². The van der Waals surface area contributed by atoms with Gasteiger partial charge in [-0.1, -0.05) is 40.4 Å². The molecule has 1 fully saturated rings. The molecule has 2 N–H and O–H groups in total. The van der Waals surface area contributed by atoms with Gasteiger partial charge in [0.2, 0.25) is 0 Å². The van der Waals surface area contributed by atoms with Crippen molar-refractivity contribution in [3.63, 3.8) is 0 Å². The minimum atomic E-state index is 0.445. The molecule has 1 aromatic carbocycles. The van der Waals surface area contributed by atoms with Crippen molar-refractivity contribution in [3.05, 3.63) is 45.0 Å². The maximum atomic E-state index is 6.12. The molecule has 98 valence electrons. The highest BCUT2D eigenvalue weighted by atomic mass is 35.5. The summed E-state index contributed by atoms with van der Waals surface area (Å²) in [6, 6.07) is 5.97. The molecule has 0 aromatic heterocycles. The topological polar surface area (TPSA) is 26.0 Å². The van der Waals surface area contributed by atoms with Crippen LogP contribution < -0.4 is 5.73 Å². The highest BCUT2D eigenvalue weighted by Crippen LogP contribution is 2.41. The van der Waals surface area contributed by atoms with Gasteiger partial charge in [0.25, 0.3) is 0 Å². The predicted molar refractivity (Wildman–Crippen MR) is 79.4 cm³/mol. The molecule has 0 amide bonds. The van der Waals surface area contributed by atoms with E-state index in [1.807, 2.05) is 12.1 Å². The Bertz CT molecular complexity index is 460. The van der Waals surface area contributed by atoms with Gasteiger partial charge in [-0.15, -0.1) is 0 Å². The second-order valence-corrected chi connectivity index (χ2v) is 5.76. The summed E-state index contributed by atoms with van der Waals surface area (Å²) in [5, 5.41) is 1.26. The van der Waals surface area contributed by atoms with Gasteiger partial charge < -0.3 is 5.73 Å². The van der Waals surface area contributed by atoms with Crippen LogP contribution in [0.1, 0.15) is 44.1 Å². The van der Waals surface area contributed by atoms with Crippen molar-refractivity contribution in [2.45, 2.75) is 38.5 Å². The first-order chi connectivity index (χ1) is 8.63. The second kappa shape index (κ2) is 6.10. The predicted octanol–water partition coefficient (Wildman–Crippen LogP) is 4.93. The summed E-state index contributed by atoms with van der Waals surface area (Å²) < 4.78 is 0. The fourth-order valence-corrected chi connectivity index (χ4v) is 2.69. The molecule has 1 aliphatic carbocycles. The summed E-state index contributed by atoms with van der Waals surface area (Å²) >= 11 is 12.1. The Balaban J connectivity index is 2.27. The van der Waals surface area contributed by atoms with Gasteiger partial charge in [0.05, 0.1) is 10.0 Å². The molecular weight excluding hydrogens is 265 g/mol. The molecule has 0 radical (unpaired) electrons. The van der Waals surface area contributed by atoms with E-state index < -0.39 is 0 Å². The monoisotopic (exact) mass is 283 g/mol. The molecule has 0 aliphatic heterocycles. The van der Waals surface area contributed by atoms with Crippen LogP contribution in [0.15, 0.2) is 29.3 Å². The van der Waals surface area contributed by atoms with Crippen molar-refractivity contribution in [1.82, 2.24) is 0 Å². The van der Waals surface area contributed by atoms with Crippen LogP contribution in [0.4, 0.5) is 0 Å². The lowest BCUT2D eigenvalue weighted by Crippen LogP contribution is -2.06. The number of rotatable bonds is 5. The molecule has 0 spiro atoms. The van der Waals surface area contributed by atoms with Crippen molar-refractivity contribution >= 4 is 23.2 Å². The quantitative estimate of drug-likeness (QED) is 0.762. The SMILES string of the molecule is CC(=C1CC1)C(CCCN)c1ccc(Cl)c(Cl)c1. The van der Waals surface area contributed by atoms with Gasteiger partial charge in [-0.25, -0.2) is 0 Å². The number of allylic oxidation sites excluding steroid dienone is 2. The van der Waals surface area contributed by atoms with Gasteiger partial charge in [0.15, 0.2) is 0 Å². The van der Waals surface area contributed by atoms with Crippen molar-refractivity contribution < 1.29 is 0 Å². The third kappa shape index (κ3) is 3.28. The Hall–Kier alpha value is -0.500. The van der Waals surface area contributed by atoms with E-state index in [1.54, 1.807) is 5.57 Å². The average molecular weight is 284 g/mol. The Morgan fingerprint density at radius 2 is 2.00 bits per heavy atom. The number of benzene rings is 1. The number of nitrogens with two attached hydrogens (primary N) is 1. The normalized spacial score (nSPS) is 15.7. The van der Waals surface area contributed by atoms with E-state index in [0.29, 0.717) is 16.0 Å². The summed E-state index contributed by atoms with van der Waals surface area (Å²) in [7, 11) is 0. The molecule has 18 heavy (non-hydrogen) atoms. The molecule has 1 atom stereocenters. The van der Waals surface area contributed by atoms with Gasteiger partial charge >= 0.3 is 0 Å². The van der Waals surface area contributed by atoms with Crippen LogP contribution in [0.3, 0.4) is 0 Å². The Kier molecular flexibility index (Phi) is 4.71. The first-order valence-electron chi connectivity index (χ1n) is 6.47. The Morgan fingerprint density at radius 1 is 1.28 bits per heavy atom. The zero-order valence-electron chi connectivity index (χ0n) is 10.7. The molecule has 0 saturated heterocycles. The number of halogens is 2. The second-order valence-electron chi connectivity index (χ2n) is 4.94. The summed E-state index contributed by atoms with van der Waals surface area (Å²) in [4.78, 5) is 0. The van der Waals surface area contributed by atoms with E-state index in [2.05, 4.69) is 13.0 Å². The van der Waals surface area contributed by atoms with Crippen LogP contribution in [0.25, 0.3) is 0 Å². The molecule has 0 heterocycles. The Morgan fingerprint density at radius 3 is 2.56 bits per heavy atom. The minimum absolute atomic E-state index is 0.445. The van der Waals surface area contributed by atoms with E-state index in [4.69, 9.17) is 28.9 Å². The van der Waals surface area contributed by atoms with Gasteiger partial charge in [-0.05, 0) is 56.8 Å². The minimum Gasteiger partial charge on any atom is -0.330 e. The smallest absolute Gasteiger partial charge is 0.0595 e. The van der Waals surface area contributed by atoms with Crippen LogP contribution in [0, 0.1) is 0 Å². The maximum absolute atomic E-state index is 6.12. The standard InChI is InChI=1S/C15H19Cl2N/c1-10(11-4-5-11)13(3-2-8-18)12-6-7-14(16)15(17)9-12/h6-7,9,13H,2-5,8,18H2,1H3. The first-order valence-corrected chi connectivity index (χ1v) is 7.22. The van der Waals surface area contributed by atoms with Crippen molar-refractivity contribution in [1.29, 1.82) is 0 Å². The van der Waals surface area contributed by atoms with Gasteiger partial charge in [-0.2, -0.15) is 0 Å². The first kappa shape index (κ1) is 13.9. The van der Waals surface area contributed by atoms with Crippen LogP contribution in [0.5, 0.6) is 0 Å². The van der Waals surface area contributed by atoms with E-state index >= 15 is 0 Å². The molecule has 1 nitrogen and oxygen atoms in total. The summed E-state index contributed by atoms with van der Waals surface area (Å²) in [6.07, 6.45) is 4.64. The summed E-state index contributed by atoms with van der Waals surface area (Å²) in [5.41, 5.74) is 10.00. The molecule has 1 aromatic rings. The zero-order valence-corrected chi connectivity index (χ0v) is 12.2. The van der Waals surface area contributed by atoms with Gasteiger partial charge in [0, 0.05) is 5.92 Å². The lowest BCUT2D eigenvalue weighted by atomic mass is 9.87. The van der Waals surface area contributed by atoms with Crippen LogP contribution in [-0.4, -0.2) is 6.54 Å². The van der Waals surface area contributed by atoms with Gasteiger partial charge in [0.1, 0.15) is 0 Å². The van der Waals surface area contributed by atoms with Gasteiger partial charge in [-0.3, -0.25) is 0 Å². The molecule has 1 unspecified atom stereocenters. The fourth-order valence-electron chi connectivity index (χ4n) is 2.39.